The first-order valence-corrected chi connectivity index (χ1v) is 9.60. The monoisotopic (exact) mass is 392 g/mol. The molecule has 2 aromatic carbocycles. The summed E-state index contributed by atoms with van der Waals surface area (Å²) < 4.78 is 37.5. The van der Waals surface area contributed by atoms with Gasteiger partial charge in [0.25, 0.3) is 10.1 Å². The van der Waals surface area contributed by atoms with Crippen LogP contribution in [0, 0.1) is 0 Å². The van der Waals surface area contributed by atoms with Crippen molar-refractivity contribution in [2.75, 3.05) is 12.9 Å². The minimum Gasteiger partial charge on any atom is -0.458 e. The van der Waals surface area contributed by atoms with Gasteiger partial charge in [-0.15, -0.1) is 0 Å². The summed E-state index contributed by atoms with van der Waals surface area (Å²) in [7, 11) is -2.69. The summed E-state index contributed by atoms with van der Waals surface area (Å²) in [6, 6.07) is 9.87. The minimum absolute atomic E-state index is 0.243. The fraction of sp³-hybridized carbons (Fsp3) is 0.263. The van der Waals surface area contributed by atoms with Crippen LogP contribution in [-0.2, 0) is 23.8 Å². The lowest BCUT2D eigenvalue weighted by atomic mass is 10.1. The molecule has 2 rings (SSSR count). The van der Waals surface area contributed by atoms with E-state index in [4.69, 9.17) is 9.47 Å². The molecule has 0 aliphatic rings. The van der Waals surface area contributed by atoms with E-state index in [2.05, 4.69) is 10.8 Å². The molecule has 2 aromatic rings. The van der Waals surface area contributed by atoms with Gasteiger partial charge in [-0.3, -0.25) is 4.18 Å². The Balaban J connectivity index is 2.19. The molecule has 27 heavy (non-hydrogen) atoms. The zero-order valence-corrected chi connectivity index (χ0v) is 16.0. The third-order valence-electron chi connectivity index (χ3n) is 3.61. The lowest BCUT2D eigenvalue weighted by molar-refractivity contribution is -0.130. The Labute approximate surface area is 157 Å². The Morgan fingerprint density at radius 1 is 1.11 bits per heavy atom. The number of fused-ring (bicyclic) bond motifs is 1. The largest absolute Gasteiger partial charge is 0.458 e. The molecule has 144 valence electrons. The van der Waals surface area contributed by atoms with Gasteiger partial charge in [0.15, 0.2) is 0 Å². The number of benzene rings is 2. The maximum Gasteiger partial charge on any atom is 0.338 e. The van der Waals surface area contributed by atoms with Gasteiger partial charge in [0.2, 0.25) is 0 Å². The molecular weight excluding hydrogens is 372 g/mol. The maximum absolute atomic E-state index is 12.3. The number of carbonyl (C=O) groups is 2. The van der Waals surface area contributed by atoms with Crippen molar-refractivity contribution in [2.45, 2.75) is 20.0 Å². The molecule has 1 unspecified atom stereocenters. The Kier molecular flexibility index (Phi) is 6.35. The number of rotatable bonds is 7. The fourth-order valence-corrected chi connectivity index (χ4v) is 3.03. The normalized spacial score (nSPS) is 12.4. The van der Waals surface area contributed by atoms with E-state index < -0.39 is 33.9 Å². The van der Waals surface area contributed by atoms with Gasteiger partial charge in [-0.1, -0.05) is 18.7 Å². The minimum atomic E-state index is -3.74. The number of hydrogen-bond acceptors (Lipinski definition) is 7. The molecule has 0 amide bonds. The standard InChI is InChI=1S/C19H20O7S/c1-12(2)18(20)26-17-8-7-14-5-6-15(9-16(14)10-17)19(21)25-13(3)11-27(22,23)24-4/h5-10,13H,1,11H2,2-4H3. The lowest BCUT2D eigenvalue weighted by Gasteiger charge is -2.13. The Bertz CT molecular complexity index is 992. The molecule has 0 radical (unpaired) electrons. The Hall–Kier alpha value is -2.71. The van der Waals surface area contributed by atoms with Crippen LogP contribution in [0.25, 0.3) is 10.8 Å². The van der Waals surface area contributed by atoms with Gasteiger partial charge >= 0.3 is 11.9 Å². The van der Waals surface area contributed by atoms with Crippen molar-refractivity contribution in [1.29, 1.82) is 0 Å². The highest BCUT2D eigenvalue weighted by atomic mass is 32.2. The summed E-state index contributed by atoms with van der Waals surface area (Å²) in [5, 5.41) is 1.49. The van der Waals surface area contributed by atoms with Crippen LogP contribution in [0.1, 0.15) is 24.2 Å². The first-order valence-electron chi connectivity index (χ1n) is 8.02. The summed E-state index contributed by atoms with van der Waals surface area (Å²) >= 11 is 0. The van der Waals surface area contributed by atoms with E-state index in [0.717, 1.165) is 12.5 Å². The molecule has 0 heterocycles. The van der Waals surface area contributed by atoms with Crippen molar-refractivity contribution in [1.82, 2.24) is 0 Å². The van der Waals surface area contributed by atoms with Gasteiger partial charge in [-0.2, -0.15) is 8.42 Å². The molecule has 0 spiro atoms. The second-order valence-electron chi connectivity index (χ2n) is 6.00. The van der Waals surface area contributed by atoms with Gasteiger partial charge in [-0.25, -0.2) is 9.59 Å². The number of ether oxygens (including phenoxy) is 2. The molecule has 0 aromatic heterocycles. The van der Waals surface area contributed by atoms with Crippen LogP contribution >= 0.6 is 0 Å². The summed E-state index contributed by atoms with van der Waals surface area (Å²) in [6.45, 7) is 6.53. The van der Waals surface area contributed by atoms with Crippen molar-refractivity contribution in [2.24, 2.45) is 0 Å². The summed E-state index contributed by atoms with van der Waals surface area (Å²) in [5.41, 5.74) is 0.514. The average Bonchev–Trinajstić information content (AvgIpc) is 2.60. The number of hydrogen-bond donors (Lipinski definition) is 0. The third-order valence-corrected chi connectivity index (χ3v) is 4.99. The highest BCUT2D eigenvalue weighted by molar-refractivity contribution is 7.86. The van der Waals surface area contributed by atoms with Crippen LogP contribution in [0.5, 0.6) is 5.75 Å². The SMILES string of the molecule is C=C(C)C(=O)Oc1ccc2ccc(C(=O)OC(C)CS(=O)(=O)OC)cc2c1. The van der Waals surface area contributed by atoms with E-state index in [1.165, 1.54) is 6.92 Å². The predicted octanol–water partition coefficient (Wildman–Crippen LogP) is 2.84. The van der Waals surface area contributed by atoms with E-state index >= 15 is 0 Å². The first-order chi connectivity index (χ1) is 12.6. The van der Waals surface area contributed by atoms with Crippen LogP contribution in [0.3, 0.4) is 0 Å². The van der Waals surface area contributed by atoms with E-state index in [9.17, 15) is 18.0 Å². The number of carbonyl (C=O) groups excluding carboxylic acids is 2. The number of esters is 2. The zero-order chi connectivity index (χ0) is 20.2. The highest BCUT2D eigenvalue weighted by Gasteiger charge is 2.19. The van der Waals surface area contributed by atoms with E-state index in [-0.39, 0.29) is 11.1 Å². The smallest absolute Gasteiger partial charge is 0.338 e. The molecule has 0 bridgehead atoms. The van der Waals surface area contributed by atoms with Gasteiger partial charge in [0, 0.05) is 5.57 Å². The zero-order valence-electron chi connectivity index (χ0n) is 15.2. The molecule has 0 saturated carbocycles. The summed E-state index contributed by atoms with van der Waals surface area (Å²) in [6.07, 6.45) is -0.874. The van der Waals surface area contributed by atoms with E-state index in [1.54, 1.807) is 43.3 Å². The summed E-state index contributed by atoms with van der Waals surface area (Å²) in [4.78, 5) is 23.9. The van der Waals surface area contributed by atoms with Gasteiger partial charge < -0.3 is 9.47 Å². The second-order valence-corrected chi connectivity index (χ2v) is 7.78. The van der Waals surface area contributed by atoms with Crippen LogP contribution in [-0.4, -0.2) is 39.3 Å². The van der Waals surface area contributed by atoms with Gasteiger partial charge in [0.05, 0.1) is 12.7 Å². The highest BCUT2D eigenvalue weighted by Crippen LogP contribution is 2.23. The molecule has 0 aliphatic carbocycles. The van der Waals surface area contributed by atoms with Gasteiger partial charge in [0.1, 0.15) is 17.6 Å². The predicted molar refractivity (Wildman–Crippen MR) is 100 cm³/mol. The molecular formula is C19H20O7S. The summed E-state index contributed by atoms with van der Waals surface area (Å²) in [5.74, 6) is -1.33. The molecule has 0 saturated heterocycles. The van der Waals surface area contributed by atoms with Crippen LogP contribution in [0.2, 0.25) is 0 Å². The van der Waals surface area contributed by atoms with Crippen molar-refractivity contribution in [3.8, 4) is 5.75 Å². The molecule has 7 nitrogen and oxygen atoms in total. The Morgan fingerprint density at radius 3 is 2.41 bits per heavy atom. The van der Waals surface area contributed by atoms with Crippen molar-refractivity contribution >= 4 is 32.8 Å². The molecule has 0 N–H and O–H groups in total. The lowest BCUT2D eigenvalue weighted by Crippen LogP contribution is -2.24. The van der Waals surface area contributed by atoms with Crippen LogP contribution in [0.15, 0.2) is 48.6 Å². The first kappa shape index (κ1) is 20.6. The van der Waals surface area contributed by atoms with Crippen LogP contribution < -0.4 is 4.74 Å². The van der Waals surface area contributed by atoms with Crippen molar-refractivity contribution in [3.05, 3.63) is 54.1 Å². The molecule has 1 atom stereocenters. The van der Waals surface area contributed by atoms with Crippen LogP contribution in [0.4, 0.5) is 0 Å². The Morgan fingerprint density at radius 2 is 1.78 bits per heavy atom. The van der Waals surface area contributed by atoms with Crippen molar-refractivity contribution < 1.29 is 31.7 Å². The van der Waals surface area contributed by atoms with Gasteiger partial charge in [-0.05, 0) is 48.9 Å². The topological polar surface area (TPSA) is 96.0 Å². The molecule has 8 heteroatoms. The fourth-order valence-electron chi connectivity index (χ4n) is 2.25. The van der Waals surface area contributed by atoms with E-state index in [0.29, 0.717) is 11.1 Å². The average molecular weight is 392 g/mol. The van der Waals surface area contributed by atoms with Crippen molar-refractivity contribution in [3.63, 3.8) is 0 Å². The second kappa shape index (κ2) is 8.32. The maximum atomic E-state index is 12.3. The van der Waals surface area contributed by atoms with E-state index in [1.807, 2.05) is 0 Å². The quantitative estimate of drug-likeness (QED) is 0.309. The third kappa shape index (κ3) is 5.63. The molecule has 0 fully saturated rings. The molecule has 0 aliphatic heterocycles.